The van der Waals surface area contributed by atoms with Crippen molar-refractivity contribution in [1.82, 2.24) is 4.90 Å². The Morgan fingerprint density at radius 1 is 1.32 bits per heavy atom. The van der Waals surface area contributed by atoms with E-state index in [1.807, 2.05) is 12.1 Å². The molecule has 1 aliphatic heterocycles. The minimum atomic E-state index is 0.116. The molecule has 2 rings (SSSR count). The Balaban J connectivity index is 2.05. The summed E-state index contributed by atoms with van der Waals surface area (Å²) in [4.78, 5) is 2.44. The van der Waals surface area contributed by atoms with Gasteiger partial charge in [0.25, 0.3) is 0 Å². The number of hydrogen-bond acceptors (Lipinski definition) is 3. The summed E-state index contributed by atoms with van der Waals surface area (Å²) in [6.07, 6.45) is 1.47. The van der Waals surface area contributed by atoms with Crippen molar-refractivity contribution in [2.75, 3.05) is 25.9 Å². The summed E-state index contributed by atoms with van der Waals surface area (Å²) < 4.78 is 5.66. The first-order chi connectivity index (χ1) is 8.90. The zero-order valence-corrected chi connectivity index (χ0v) is 12.5. The van der Waals surface area contributed by atoms with Gasteiger partial charge in [-0.2, -0.15) is 0 Å². The molecule has 1 aromatic carbocycles. The van der Waals surface area contributed by atoms with E-state index in [0.29, 0.717) is 12.1 Å². The molecule has 3 nitrogen and oxygen atoms in total. The molecule has 19 heavy (non-hydrogen) atoms. The summed E-state index contributed by atoms with van der Waals surface area (Å²) in [5.74, 6) is 0. The lowest BCUT2D eigenvalue weighted by Gasteiger charge is -2.35. The highest BCUT2D eigenvalue weighted by Crippen LogP contribution is 2.27. The van der Waals surface area contributed by atoms with Gasteiger partial charge in [-0.3, -0.25) is 4.90 Å². The zero-order valence-electron chi connectivity index (χ0n) is 12.5. The lowest BCUT2D eigenvalue weighted by Crippen LogP contribution is -2.43. The molecule has 0 aliphatic carbocycles. The molecule has 1 fully saturated rings. The third kappa shape index (κ3) is 3.28. The number of nitrogens with two attached hydrogens (primary N) is 1. The smallest absolute Gasteiger partial charge is 0.0702 e. The van der Waals surface area contributed by atoms with Crippen LogP contribution in [0.15, 0.2) is 24.3 Å². The van der Waals surface area contributed by atoms with E-state index < -0.39 is 0 Å². The van der Waals surface area contributed by atoms with Gasteiger partial charge in [0.05, 0.1) is 6.10 Å². The van der Waals surface area contributed by atoms with Crippen LogP contribution in [0.4, 0.5) is 5.69 Å². The molecular formula is C16H26N2O. The highest BCUT2D eigenvalue weighted by Gasteiger charge is 2.31. The number of hydrogen-bond donors (Lipinski definition) is 1. The molecule has 3 heteroatoms. The second kappa shape index (κ2) is 5.51. The van der Waals surface area contributed by atoms with Crippen molar-refractivity contribution >= 4 is 5.69 Å². The van der Waals surface area contributed by atoms with Crippen molar-refractivity contribution < 1.29 is 4.74 Å². The fourth-order valence-corrected chi connectivity index (χ4v) is 3.07. The van der Waals surface area contributed by atoms with Crippen LogP contribution in [0.3, 0.4) is 0 Å². The maximum Gasteiger partial charge on any atom is 0.0702 e. The third-order valence-corrected chi connectivity index (χ3v) is 4.24. The Kier molecular flexibility index (Phi) is 4.16. The average molecular weight is 262 g/mol. The van der Waals surface area contributed by atoms with Gasteiger partial charge >= 0.3 is 0 Å². The monoisotopic (exact) mass is 262 g/mol. The molecule has 1 aromatic rings. The first kappa shape index (κ1) is 14.4. The van der Waals surface area contributed by atoms with Crippen molar-refractivity contribution in [1.29, 1.82) is 0 Å². The predicted molar refractivity (Wildman–Crippen MR) is 80.3 cm³/mol. The third-order valence-electron chi connectivity index (χ3n) is 4.24. The number of likely N-dealkylation sites (N-methyl/N-ethyl adjacent to an activating group) is 1. The number of anilines is 1. The van der Waals surface area contributed by atoms with Gasteiger partial charge in [0.15, 0.2) is 0 Å². The Bertz CT molecular complexity index is 413. The Morgan fingerprint density at radius 2 is 1.95 bits per heavy atom. The molecular weight excluding hydrogens is 236 g/mol. The average Bonchev–Trinajstić information content (AvgIpc) is 2.75. The van der Waals surface area contributed by atoms with Crippen LogP contribution in [0, 0.1) is 0 Å². The van der Waals surface area contributed by atoms with E-state index in [9.17, 15) is 0 Å². The Morgan fingerprint density at radius 3 is 2.47 bits per heavy atom. The highest BCUT2D eigenvalue weighted by atomic mass is 16.5. The van der Waals surface area contributed by atoms with Crippen molar-refractivity contribution in [3.63, 3.8) is 0 Å². The lowest BCUT2D eigenvalue weighted by atomic mass is 9.83. The Hall–Kier alpha value is -1.06. The van der Waals surface area contributed by atoms with Crippen molar-refractivity contribution in [3.05, 3.63) is 29.8 Å². The van der Waals surface area contributed by atoms with Crippen LogP contribution in [0.25, 0.3) is 0 Å². The van der Waals surface area contributed by atoms with E-state index in [4.69, 9.17) is 10.5 Å². The van der Waals surface area contributed by atoms with Crippen molar-refractivity contribution in [3.8, 4) is 0 Å². The van der Waals surface area contributed by atoms with Crippen LogP contribution in [-0.4, -0.2) is 37.2 Å². The van der Waals surface area contributed by atoms with Gasteiger partial charge in [0, 0.05) is 30.3 Å². The fraction of sp³-hybridized carbons (Fsp3) is 0.625. The topological polar surface area (TPSA) is 38.5 Å². The number of nitrogen functional groups attached to an aromatic ring is 1. The molecule has 1 saturated heterocycles. The van der Waals surface area contributed by atoms with E-state index in [-0.39, 0.29) is 5.41 Å². The first-order valence-corrected chi connectivity index (χ1v) is 7.08. The van der Waals surface area contributed by atoms with Crippen LogP contribution >= 0.6 is 0 Å². The minimum absolute atomic E-state index is 0.116. The van der Waals surface area contributed by atoms with Gasteiger partial charge in [-0.25, -0.2) is 0 Å². The maximum atomic E-state index is 5.76. The second-order valence-electron chi connectivity index (χ2n) is 6.35. The summed E-state index contributed by atoms with van der Waals surface area (Å²) >= 11 is 0. The van der Waals surface area contributed by atoms with E-state index in [2.05, 4.69) is 44.9 Å². The van der Waals surface area contributed by atoms with Gasteiger partial charge < -0.3 is 10.5 Å². The SMILES string of the molecule is CC1OCCC1N(C)CC(C)(C)c1ccc(N)cc1. The first-order valence-electron chi connectivity index (χ1n) is 7.08. The van der Waals surface area contributed by atoms with Crippen LogP contribution < -0.4 is 5.73 Å². The lowest BCUT2D eigenvalue weighted by molar-refractivity contribution is 0.0772. The van der Waals surface area contributed by atoms with E-state index in [1.165, 1.54) is 5.56 Å². The largest absolute Gasteiger partial charge is 0.399 e. The van der Waals surface area contributed by atoms with E-state index in [1.54, 1.807) is 0 Å². The van der Waals surface area contributed by atoms with Gasteiger partial charge in [-0.05, 0) is 38.1 Å². The molecule has 2 atom stereocenters. The number of nitrogens with zero attached hydrogens (tertiary/aromatic N) is 1. The number of benzene rings is 1. The summed E-state index contributed by atoms with van der Waals surface area (Å²) in [6.45, 7) is 8.66. The summed E-state index contributed by atoms with van der Waals surface area (Å²) in [7, 11) is 2.20. The molecule has 0 aromatic heterocycles. The minimum Gasteiger partial charge on any atom is -0.399 e. The molecule has 1 heterocycles. The summed E-state index contributed by atoms with van der Waals surface area (Å²) in [5, 5.41) is 0. The Labute approximate surface area is 116 Å². The molecule has 2 N–H and O–H groups in total. The van der Waals surface area contributed by atoms with Gasteiger partial charge in [0.2, 0.25) is 0 Å². The molecule has 2 unspecified atom stereocenters. The fourth-order valence-electron chi connectivity index (χ4n) is 3.07. The van der Waals surface area contributed by atoms with E-state index >= 15 is 0 Å². The van der Waals surface area contributed by atoms with Gasteiger partial charge in [-0.1, -0.05) is 26.0 Å². The molecule has 0 bridgehead atoms. The standard InChI is InChI=1S/C16H26N2O/c1-12-15(9-10-19-12)18(4)11-16(2,3)13-5-7-14(17)8-6-13/h5-8,12,15H,9-11,17H2,1-4H3. The van der Waals surface area contributed by atoms with Crippen molar-refractivity contribution in [2.24, 2.45) is 0 Å². The van der Waals surface area contributed by atoms with Gasteiger partial charge in [0.1, 0.15) is 0 Å². The molecule has 0 radical (unpaired) electrons. The molecule has 0 saturated carbocycles. The molecule has 0 spiro atoms. The molecule has 0 amide bonds. The summed E-state index contributed by atoms with van der Waals surface area (Å²) in [6, 6.07) is 8.78. The van der Waals surface area contributed by atoms with Crippen LogP contribution in [0.5, 0.6) is 0 Å². The summed E-state index contributed by atoms with van der Waals surface area (Å²) in [5.41, 5.74) is 8.04. The quantitative estimate of drug-likeness (QED) is 0.848. The molecule has 1 aliphatic rings. The van der Waals surface area contributed by atoms with Crippen LogP contribution in [0.2, 0.25) is 0 Å². The maximum absolute atomic E-state index is 5.76. The van der Waals surface area contributed by atoms with Crippen LogP contribution in [-0.2, 0) is 10.2 Å². The second-order valence-corrected chi connectivity index (χ2v) is 6.35. The number of rotatable bonds is 4. The molecule has 106 valence electrons. The zero-order chi connectivity index (χ0) is 14.0. The normalized spacial score (nSPS) is 24.1. The number of ether oxygens (including phenoxy) is 1. The van der Waals surface area contributed by atoms with Gasteiger partial charge in [-0.15, -0.1) is 0 Å². The van der Waals surface area contributed by atoms with E-state index in [0.717, 1.165) is 25.3 Å². The van der Waals surface area contributed by atoms with Crippen molar-refractivity contribution in [2.45, 2.75) is 44.8 Å². The van der Waals surface area contributed by atoms with Crippen LogP contribution in [0.1, 0.15) is 32.8 Å². The predicted octanol–water partition coefficient (Wildman–Crippen LogP) is 2.66. The highest BCUT2D eigenvalue weighted by molar-refractivity contribution is 5.41.